The van der Waals surface area contributed by atoms with Gasteiger partial charge < -0.3 is 15.5 Å². The van der Waals surface area contributed by atoms with Gasteiger partial charge in [-0.15, -0.1) is 0 Å². The minimum absolute atomic E-state index is 0.225. The molecule has 0 heterocycles. The Hall–Kier alpha value is -3.68. The summed E-state index contributed by atoms with van der Waals surface area (Å²) in [5.41, 5.74) is -2.97. The first-order valence-electron chi connectivity index (χ1n) is 8.46. The van der Waals surface area contributed by atoms with Crippen LogP contribution in [-0.4, -0.2) is 42.5 Å². The van der Waals surface area contributed by atoms with Crippen molar-refractivity contribution >= 4 is 33.6 Å². The van der Waals surface area contributed by atoms with Crippen molar-refractivity contribution in [2.75, 3.05) is 4.72 Å². The second-order valence-electron chi connectivity index (χ2n) is 6.26. The van der Waals surface area contributed by atoms with Crippen LogP contribution in [0, 0.1) is 5.82 Å². The van der Waals surface area contributed by atoms with Crippen LogP contribution in [0.1, 0.15) is 22.3 Å². The van der Waals surface area contributed by atoms with Crippen molar-refractivity contribution in [2.45, 2.75) is 23.5 Å². The summed E-state index contributed by atoms with van der Waals surface area (Å²) >= 11 is 0. The van der Waals surface area contributed by atoms with Gasteiger partial charge >= 0.3 is 18.1 Å². The van der Waals surface area contributed by atoms with Crippen LogP contribution in [0.25, 0.3) is 0 Å². The van der Waals surface area contributed by atoms with Crippen LogP contribution >= 0.6 is 0 Å². The standard InChI is InChI=1S/C18H14F4N2O7S/c19-12-6-5-9(7-11(12)18(20,21)22)24-32(30,31)14-4-2-1-3-10(14)16(27)23-13(17(28)29)8-15(25)26/h1-7,13,24H,8H2,(H,23,27)(H,25,26)(H,28,29). The molecule has 9 nitrogen and oxygen atoms in total. The fourth-order valence-electron chi connectivity index (χ4n) is 2.52. The predicted molar refractivity (Wildman–Crippen MR) is 99.8 cm³/mol. The van der Waals surface area contributed by atoms with Crippen LogP contribution in [0.2, 0.25) is 0 Å². The molecule has 0 radical (unpaired) electrons. The van der Waals surface area contributed by atoms with Gasteiger partial charge in [-0.2, -0.15) is 13.2 Å². The molecule has 0 bridgehead atoms. The Morgan fingerprint density at radius 2 is 1.66 bits per heavy atom. The lowest BCUT2D eigenvalue weighted by atomic mass is 10.1. The molecule has 1 atom stereocenters. The Morgan fingerprint density at radius 1 is 1.03 bits per heavy atom. The highest BCUT2D eigenvalue weighted by molar-refractivity contribution is 7.92. The summed E-state index contributed by atoms with van der Waals surface area (Å²) in [4.78, 5) is 33.6. The van der Waals surface area contributed by atoms with E-state index in [0.717, 1.165) is 18.2 Å². The maximum atomic E-state index is 13.4. The molecule has 2 aromatic rings. The predicted octanol–water partition coefficient (Wildman–Crippen LogP) is 2.30. The number of aliphatic carboxylic acids is 2. The number of carbonyl (C=O) groups excluding carboxylic acids is 1. The van der Waals surface area contributed by atoms with Gasteiger partial charge in [0.2, 0.25) is 0 Å². The third-order valence-corrected chi connectivity index (χ3v) is 5.37. The Balaban J connectivity index is 2.40. The van der Waals surface area contributed by atoms with Crippen molar-refractivity contribution in [3.8, 4) is 0 Å². The summed E-state index contributed by atoms with van der Waals surface area (Å²) in [7, 11) is -4.71. The minimum Gasteiger partial charge on any atom is -0.481 e. The van der Waals surface area contributed by atoms with Crippen LogP contribution in [0.5, 0.6) is 0 Å². The van der Waals surface area contributed by atoms with Gasteiger partial charge in [-0.25, -0.2) is 17.6 Å². The van der Waals surface area contributed by atoms with E-state index in [0.29, 0.717) is 6.07 Å². The lowest BCUT2D eigenvalue weighted by Gasteiger charge is -2.16. The number of carboxylic acid groups (broad SMARTS) is 2. The van der Waals surface area contributed by atoms with E-state index in [2.05, 4.69) is 0 Å². The van der Waals surface area contributed by atoms with E-state index in [1.54, 1.807) is 4.72 Å². The molecule has 0 saturated carbocycles. The average molecular weight is 478 g/mol. The molecule has 0 spiro atoms. The van der Waals surface area contributed by atoms with Crippen molar-refractivity contribution in [1.82, 2.24) is 5.32 Å². The quantitative estimate of drug-likeness (QED) is 0.425. The molecule has 0 aliphatic rings. The van der Waals surface area contributed by atoms with E-state index >= 15 is 0 Å². The van der Waals surface area contributed by atoms with E-state index in [4.69, 9.17) is 10.2 Å². The first-order chi connectivity index (χ1) is 14.7. The van der Waals surface area contributed by atoms with Crippen LogP contribution in [0.15, 0.2) is 47.4 Å². The molecule has 32 heavy (non-hydrogen) atoms. The Morgan fingerprint density at radius 3 is 2.22 bits per heavy atom. The zero-order valence-electron chi connectivity index (χ0n) is 15.7. The van der Waals surface area contributed by atoms with Crippen molar-refractivity contribution < 1.29 is 50.6 Å². The summed E-state index contributed by atoms with van der Waals surface area (Å²) in [6.45, 7) is 0. The lowest BCUT2D eigenvalue weighted by Crippen LogP contribution is -2.42. The summed E-state index contributed by atoms with van der Waals surface area (Å²) < 4.78 is 79.2. The van der Waals surface area contributed by atoms with E-state index in [-0.39, 0.29) is 6.07 Å². The fraction of sp³-hybridized carbons (Fsp3) is 0.167. The number of nitrogens with one attached hydrogen (secondary N) is 2. The summed E-state index contributed by atoms with van der Waals surface area (Å²) in [6.07, 6.45) is -6.09. The number of carboxylic acids is 2. The number of halogens is 4. The Kier molecular flexibility index (Phi) is 7.08. The number of hydrogen-bond donors (Lipinski definition) is 4. The molecule has 1 unspecified atom stereocenters. The number of alkyl halides is 3. The van der Waals surface area contributed by atoms with Crippen molar-refractivity contribution in [1.29, 1.82) is 0 Å². The first-order valence-corrected chi connectivity index (χ1v) is 9.94. The second kappa shape index (κ2) is 9.21. The highest BCUT2D eigenvalue weighted by Crippen LogP contribution is 2.33. The Labute approximate surface area is 177 Å². The molecule has 2 aromatic carbocycles. The summed E-state index contributed by atoms with van der Waals surface area (Å²) in [5.74, 6) is -6.12. The maximum Gasteiger partial charge on any atom is 0.419 e. The zero-order chi connectivity index (χ0) is 24.3. The second-order valence-corrected chi connectivity index (χ2v) is 7.91. The van der Waals surface area contributed by atoms with E-state index in [1.807, 2.05) is 5.32 Å². The third kappa shape index (κ3) is 5.94. The minimum atomic E-state index is -5.10. The van der Waals surface area contributed by atoms with Crippen LogP contribution < -0.4 is 10.0 Å². The molecule has 0 aliphatic heterocycles. The monoisotopic (exact) mass is 478 g/mol. The molecule has 1 amide bonds. The lowest BCUT2D eigenvalue weighted by molar-refractivity contribution is -0.145. The average Bonchev–Trinajstić information content (AvgIpc) is 2.67. The van der Waals surface area contributed by atoms with Gasteiger partial charge in [0.25, 0.3) is 15.9 Å². The van der Waals surface area contributed by atoms with Gasteiger partial charge in [-0.1, -0.05) is 12.1 Å². The molecule has 0 fully saturated rings. The number of carbonyl (C=O) groups is 3. The van der Waals surface area contributed by atoms with Crippen LogP contribution in [0.3, 0.4) is 0 Å². The van der Waals surface area contributed by atoms with E-state index in [9.17, 15) is 40.4 Å². The smallest absolute Gasteiger partial charge is 0.419 e. The molecule has 14 heteroatoms. The van der Waals surface area contributed by atoms with E-state index < -0.39 is 74.0 Å². The molecule has 0 saturated heterocycles. The normalized spacial score (nSPS) is 12.6. The molecule has 172 valence electrons. The van der Waals surface area contributed by atoms with Crippen molar-refractivity contribution in [3.05, 3.63) is 59.4 Å². The van der Waals surface area contributed by atoms with Crippen molar-refractivity contribution in [3.63, 3.8) is 0 Å². The van der Waals surface area contributed by atoms with Gasteiger partial charge in [0, 0.05) is 5.69 Å². The van der Waals surface area contributed by atoms with E-state index in [1.165, 1.54) is 12.1 Å². The highest BCUT2D eigenvalue weighted by atomic mass is 32.2. The van der Waals surface area contributed by atoms with Crippen LogP contribution in [0.4, 0.5) is 23.2 Å². The molecular weight excluding hydrogens is 464 g/mol. The zero-order valence-corrected chi connectivity index (χ0v) is 16.5. The van der Waals surface area contributed by atoms with Gasteiger partial charge in [0.1, 0.15) is 16.8 Å². The summed E-state index contributed by atoms with van der Waals surface area (Å²) in [5, 5.41) is 19.6. The number of rotatable bonds is 8. The first kappa shape index (κ1) is 24.6. The van der Waals surface area contributed by atoms with Crippen molar-refractivity contribution in [2.24, 2.45) is 0 Å². The van der Waals surface area contributed by atoms with Crippen LogP contribution in [-0.2, 0) is 25.8 Å². The number of hydrogen-bond acceptors (Lipinski definition) is 5. The topological polar surface area (TPSA) is 150 Å². The summed E-state index contributed by atoms with van der Waals surface area (Å²) in [6, 6.07) is 3.79. The highest BCUT2D eigenvalue weighted by Gasteiger charge is 2.35. The molecular formula is C18H14F4N2O7S. The maximum absolute atomic E-state index is 13.4. The number of sulfonamides is 1. The number of anilines is 1. The number of benzene rings is 2. The third-order valence-electron chi connectivity index (χ3n) is 3.93. The van der Waals surface area contributed by atoms with Gasteiger partial charge in [0.05, 0.1) is 17.5 Å². The Bertz CT molecular complexity index is 1170. The molecule has 0 aromatic heterocycles. The molecule has 0 aliphatic carbocycles. The van der Waals surface area contributed by atoms with Gasteiger partial charge in [-0.05, 0) is 30.3 Å². The number of amides is 1. The SMILES string of the molecule is O=C(O)CC(NC(=O)c1ccccc1S(=O)(=O)Nc1ccc(F)c(C(F)(F)F)c1)C(=O)O. The largest absolute Gasteiger partial charge is 0.481 e. The molecule has 2 rings (SSSR count). The van der Waals surface area contributed by atoms with Gasteiger partial charge in [-0.3, -0.25) is 14.3 Å². The fourth-order valence-corrected chi connectivity index (χ4v) is 3.77. The molecule has 4 N–H and O–H groups in total. The van der Waals surface area contributed by atoms with Gasteiger partial charge in [0.15, 0.2) is 0 Å².